The van der Waals surface area contributed by atoms with Gasteiger partial charge in [-0.1, -0.05) is 18.9 Å². The largest absolute Gasteiger partial charge is 0.347 e. The molecule has 2 nitrogen and oxygen atoms in total. The molecule has 0 spiro atoms. The molecule has 1 amide bonds. The quantitative estimate of drug-likeness (QED) is 0.824. The van der Waals surface area contributed by atoms with Gasteiger partial charge in [-0.2, -0.15) is 0 Å². The lowest BCUT2D eigenvalue weighted by Gasteiger charge is -2.23. The molecule has 1 atom stereocenters. The molecule has 0 radical (unpaired) electrons. The summed E-state index contributed by atoms with van der Waals surface area (Å²) in [5, 5.41) is 5.11. The minimum atomic E-state index is -0.0630. The van der Waals surface area contributed by atoms with Gasteiger partial charge in [0.05, 0.1) is 6.04 Å². The number of carbonyl (C=O) groups is 1. The zero-order chi connectivity index (χ0) is 11.4. The second-order valence-electron chi connectivity index (χ2n) is 4.24. The highest BCUT2D eigenvalue weighted by molar-refractivity contribution is 7.10. The summed E-state index contributed by atoms with van der Waals surface area (Å²) in [5.41, 5.74) is 0. The number of hydrogen-bond acceptors (Lipinski definition) is 2. The van der Waals surface area contributed by atoms with Crippen molar-refractivity contribution in [3.05, 3.63) is 22.4 Å². The first-order chi connectivity index (χ1) is 7.81. The Kier molecular flexibility index (Phi) is 4.24. The minimum Gasteiger partial charge on any atom is -0.347 e. The monoisotopic (exact) mass is 257 g/mol. The van der Waals surface area contributed by atoms with Gasteiger partial charge in [0.15, 0.2) is 0 Å². The van der Waals surface area contributed by atoms with Crippen molar-refractivity contribution >= 4 is 28.8 Å². The molecular formula is C12H16ClNOS. The number of nitrogens with one attached hydrogen (secondary N) is 1. The molecule has 1 unspecified atom stereocenters. The van der Waals surface area contributed by atoms with Gasteiger partial charge >= 0.3 is 0 Å². The Balaban J connectivity index is 2.09. The van der Waals surface area contributed by atoms with Gasteiger partial charge in [-0.05, 0) is 30.2 Å². The molecule has 1 aromatic heterocycles. The molecule has 88 valence electrons. The SMILES string of the molecule is O=C(CCl)NC(c1cccs1)C1CCCC1. The number of hydrogen-bond donors (Lipinski definition) is 1. The van der Waals surface area contributed by atoms with E-state index < -0.39 is 0 Å². The molecule has 1 aromatic rings. The van der Waals surface area contributed by atoms with E-state index in [2.05, 4.69) is 16.8 Å². The normalized spacial score (nSPS) is 18.6. The molecule has 0 aliphatic heterocycles. The average molecular weight is 258 g/mol. The first kappa shape index (κ1) is 11.9. The Morgan fingerprint density at radius 3 is 2.88 bits per heavy atom. The predicted octanol–water partition coefficient (Wildman–Crippen LogP) is 3.33. The maximum atomic E-state index is 11.4. The summed E-state index contributed by atoms with van der Waals surface area (Å²) in [5.74, 6) is 0.576. The maximum absolute atomic E-state index is 11.4. The average Bonchev–Trinajstić information content (AvgIpc) is 2.97. The molecule has 0 aromatic carbocycles. The summed E-state index contributed by atoms with van der Waals surface area (Å²) >= 11 is 7.27. The van der Waals surface area contributed by atoms with Crippen LogP contribution < -0.4 is 5.32 Å². The lowest BCUT2D eigenvalue weighted by Crippen LogP contribution is -2.32. The molecule has 1 aliphatic carbocycles. The lowest BCUT2D eigenvalue weighted by atomic mass is 9.97. The molecule has 1 saturated carbocycles. The molecule has 1 heterocycles. The third-order valence-corrected chi connectivity index (χ3v) is 4.36. The fourth-order valence-electron chi connectivity index (χ4n) is 2.39. The van der Waals surface area contributed by atoms with E-state index in [-0.39, 0.29) is 17.8 Å². The molecule has 0 bridgehead atoms. The first-order valence-electron chi connectivity index (χ1n) is 5.70. The Hall–Kier alpha value is -0.540. The summed E-state index contributed by atoms with van der Waals surface area (Å²) in [4.78, 5) is 12.7. The zero-order valence-electron chi connectivity index (χ0n) is 9.12. The van der Waals surface area contributed by atoms with E-state index in [1.54, 1.807) is 11.3 Å². The van der Waals surface area contributed by atoms with E-state index in [0.717, 1.165) is 0 Å². The van der Waals surface area contributed by atoms with Gasteiger partial charge in [0.2, 0.25) is 5.91 Å². The van der Waals surface area contributed by atoms with E-state index in [4.69, 9.17) is 11.6 Å². The summed E-state index contributed by atoms with van der Waals surface area (Å²) in [7, 11) is 0. The summed E-state index contributed by atoms with van der Waals surface area (Å²) < 4.78 is 0. The van der Waals surface area contributed by atoms with Gasteiger partial charge in [-0.3, -0.25) is 4.79 Å². The van der Waals surface area contributed by atoms with Crippen molar-refractivity contribution in [3.63, 3.8) is 0 Å². The Morgan fingerprint density at radius 1 is 1.56 bits per heavy atom. The highest BCUT2D eigenvalue weighted by Gasteiger charge is 2.27. The highest BCUT2D eigenvalue weighted by Crippen LogP contribution is 2.37. The van der Waals surface area contributed by atoms with Crippen molar-refractivity contribution in [2.75, 3.05) is 5.88 Å². The Bertz CT molecular complexity index is 333. The fraction of sp³-hybridized carbons (Fsp3) is 0.583. The summed E-state index contributed by atoms with van der Waals surface area (Å²) in [6.45, 7) is 0. The molecule has 16 heavy (non-hydrogen) atoms. The molecule has 4 heteroatoms. The molecule has 0 saturated heterocycles. The van der Waals surface area contributed by atoms with E-state index in [0.29, 0.717) is 5.92 Å². The zero-order valence-corrected chi connectivity index (χ0v) is 10.7. The van der Waals surface area contributed by atoms with Crippen molar-refractivity contribution < 1.29 is 4.79 Å². The van der Waals surface area contributed by atoms with E-state index in [1.165, 1.54) is 30.6 Å². The van der Waals surface area contributed by atoms with Crippen LogP contribution in [0.25, 0.3) is 0 Å². The lowest BCUT2D eigenvalue weighted by molar-refractivity contribution is -0.119. The number of alkyl halides is 1. The Labute approximate surface area is 105 Å². The molecular weight excluding hydrogens is 242 g/mol. The van der Waals surface area contributed by atoms with Gasteiger partial charge in [0.25, 0.3) is 0 Å². The number of halogens is 1. The second kappa shape index (κ2) is 5.69. The number of carbonyl (C=O) groups excluding carboxylic acids is 1. The number of rotatable bonds is 4. The van der Waals surface area contributed by atoms with Crippen LogP contribution in [0.4, 0.5) is 0 Å². The van der Waals surface area contributed by atoms with Crippen molar-refractivity contribution in [2.24, 2.45) is 5.92 Å². The predicted molar refractivity (Wildman–Crippen MR) is 67.9 cm³/mol. The smallest absolute Gasteiger partial charge is 0.235 e. The van der Waals surface area contributed by atoms with Gasteiger partial charge in [0, 0.05) is 4.88 Å². The fourth-order valence-corrected chi connectivity index (χ4v) is 3.34. The van der Waals surface area contributed by atoms with Gasteiger partial charge in [0.1, 0.15) is 5.88 Å². The van der Waals surface area contributed by atoms with Crippen LogP contribution in [-0.2, 0) is 4.79 Å². The standard InChI is InChI=1S/C12H16ClNOS/c13-8-11(15)14-12(9-4-1-2-5-9)10-6-3-7-16-10/h3,6-7,9,12H,1-2,4-5,8H2,(H,14,15). The van der Waals surface area contributed by atoms with Crippen LogP contribution in [0.15, 0.2) is 17.5 Å². The van der Waals surface area contributed by atoms with Gasteiger partial charge in [-0.15, -0.1) is 22.9 Å². The second-order valence-corrected chi connectivity index (χ2v) is 5.49. The third kappa shape index (κ3) is 2.77. The highest BCUT2D eigenvalue weighted by atomic mass is 35.5. The van der Waals surface area contributed by atoms with E-state index >= 15 is 0 Å². The van der Waals surface area contributed by atoms with Gasteiger partial charge in [-0.25, -0.2) is 0 Å². The molecule has 1 N–H and O–H groups in total. The number of thiophene rings is 1. The maximum Gasteiger partial charge on any atom is 0.235 e. The topological polar surface area (TPSA) is 29.1 Å². The van der Waals surface area contributed by atoms with Crippen molar-refractivity contribution in [1.29, 1.82) is 0 Å². The summed E-state index contributed by atoms with van der Waals surface area (Å²) in [6, 6.07) is 4.31. The van der Waals surface area contributed by atoms with Crippen LogP contribution in [0.5, 0.6) is 0 Å². The van der Waals surface area contributed by atoms with Crippen LogP contribution in [-0.4, -0.2) is 11.8 Å². The van der Waals surface area contributed by atoms with Crippen LogP contribution in [0, 0.1) is 5.92 Å². The van der Waals surface area contributed by atoms with Gasteiger partial charge < -0.3 is 5.32 Å². The summed E-state index contributed by atoms with van der Waals surface area (Å²) in [6.07, 6.45) is 4.99. The van der Waals surface area contributed by atoms with Crippen LogP contribution in [0.2, 0.25) is 0 Å². The first-order valence-corrected chi connectivity index (χ1v) is 7.11. The van der Waals surface area contributed by atoms with E-state index in [1.807, 2.05) is 6.07 Å². The third-order valence-electron chi connectivity index (χ3n) is 3.16. The number of amides is 1. The van der Waals surface area contributed by atoms with Crippen LogP contribution in [0.1, 0.15) is 36.6 Å². The molecule has 2 rings (SSSR count). The molecule has 1 fully saturated rings. The Morgan fingerprint density at radius 2 is 2.31 bits per heavy atom. The van der Waals surface area contributed by atoms with Crippen molar-refractivity contribution in [3.8, 4) is 0 Å². The van der Waals surface area contributed by atoms with Crippen LogP contribution >= 0.6 is 22.9 Å². The van der Waals surface area contributed by atoms with Crippen molar-refractivity contribution in [1.82, 2.24) is 5.32 Å². The molecule has 1 aliphatic rings. The van der Waals surface area contributed by atoms with Crippen LogP contribution in [0.3, 0.4) is 0 Å². The minimum absolute atomic E-state index is 0.0502. The van der Waals surface area contributed by atoms with Crippen molar-refractivity contribution in [2.45, 2.75) is 31.7 Å². The van der Waals surface area contributed by atoms with E-state index in [9.17, 15) is 4.79 Å².